The van der Waals surface area contributed by atoms with Gasteiger partial charge in [-0.2, -0.15) is 0 Å². The zero-order chi connectivity index (χ0) is 13.0. The van der Waals surface area contributed by atoms with Crippen molar-refractivity contribution in [1.82, 2.24) is 5.32 Å². The second kappa shape index (κ2) is 6.01. The number of allylic oxidation sites excluding steroid dienone is 1. The molecule has 3 heteroatoms. The average molecular weight is 249 g/mol. The minimum absolute atomic E-state index is 0.211. The first-order valence-electron chi connectivity index (χ1n) is 6.43. The largest absolute Gasteiger partial charge is 0.489 e. The van der Waals surface area contributed by atoms with Crippen molar-refractivity contribution >= 4 is 0 Å². The van der Waals surface area contributed by atoms with Gasteiger partial charge in [0.2, 0.25) is 0 Å². The lowest BCUT2D eigenvalue weighted by Crippen LogP contribution is -2.16. The molecule has 0 unspecified atom stereocenters. The topological polar surface area (TPSA) is 21.3 Å². The van der Waals surface area contributed by atoms with Gasteiger partial charge in [0, 0.05) is 18.2 Å². The van der Waals surface area contributed by atoms with Crippen LogP contribution in [0.1, 0.15) is 32.3 Å². The van der Waals surface area contributed by atoms with Crippen molar-refractivity contribution in [2.75, 3.05) is 6.61 Å². The lowest BCUT2D eigenvalue weighted by atomic mass is 10.2. The van der Waals surface area contributed by atoms with Crippen LogP contribution in [0, 0.1) is 5.82 Å². The number of halogens is 1. The minimum Gasteiger partial charge on any atom is -0.489 e. The van der Waals surface area contributed by atoms with Crippen molar-refractivity contribution in [3.8, 4) is 5.75 Å². The van der Waals surface area contributed by atoms with Crippen molar-refractivity contribution in [3.05, 3.63) is 41.2 Å². The van der Waals surface area contributed by atoms with Crippen molar-refractivity contribution < 1.29 is 9.13 Å². The van der Waals surface area contributed by atoms with Crippen LogP contribution >= 0.6 is 0 Å². The van der Waals surface area contributed by atoms with Crippen molar-refractivity contribution in [1.29, 1.82) is 0 Å². The fourth-order valence-electron chi connectivity index (χ4n) is 1.67. The summed E-state index contributed by atoms with van der Waals surface area (Å²) < 4.78 is 18.9. The molecule has 0 saturated heterocycles. The van der Waals surface area contributed by atoms with E-state index < -0.39 is 0 Å². The van der Waals surface area contributed by atoms with Gasteiger partial charge in [-0.25, -0.2) is 4.39 Å². The summed E-state index contributed by atoms with van der Waals surface area (Å²) in [4.78, 5) is 0. The molecule has 98 valence electrons. The second-order valence-corrected chi connectivity index (χ2v) is 5.00. The SMILES string of the molecule is CC(C)=CCOc1ccc(F)cc1CNC1CC1. The predicted molar refractivity (Wildman–Crippen MR) is 71.2 cm³/mol. The molecule has 0 radical (unpaired) electrons. The zero-order valence-corrected chi connectivity index (χ0v) is 11.0. The molecular weight excluding hydrogens is 229 g/mol. The Morgan fingerprint density at radius 2 is 2.22 bits per heavy atom. The summed E-state index contributed by atoms with van der Waals surface area (Å²) in [6.45, 7) is 5.27. The molecule has 0 aliphatic heterocycles. The van der Waals surface area contributed by atoms with E-state index in [0.29, 0.717) is 19.2 Å². The van der Waals surface area contributed by atoms with Crippen LogP contribution < -0.4 is 10.1 Å². The summed E-state index contributed by atoms with van der Waals surface area (Å²) in [5, 5.41) is 3.38. The molecule has 1 fully saturated rings. The lowest BCUT2D eigenvalue weighted by Gasteiger charge is -2.11. The fourth-order valence-corrected chi connectivity index (χ4v) is 1.67. The third-order valence-electron chi connectivity index (χ3n) is 2.91. The highest BCUT2D eigenvalue weighted by Gasteiger charge is 2.20. The van der Waals surface area contributed by atoms with E-state index in [1.165, 1.54) is 24.5 Å². The molecule has 0 bridgehead atoms. The van der Waals surface area contributed by atoms with Crippen LogP contribution in [0.5, 0.6) is 5.75 Å². The summed E-state index contributed by atoms with van der Waals surface area (Å²) in [7, 11) is 0. The summed E-state index contributed by atoms with van der Waals surface area (Å²) in [6.07, 6.45) is 4.47. The maximum absolute atomic E-state index is 13.2. The van der Waals surface area contributed by atoms with Gasteiger partial charge in [-0.3, -0.25) is 0 Å². The average Bonchev–Trinajstić information content (AvgIpc) is 3.12. The van der Waals surface area contributed by atoms with Crippen LogP contribution in [0.4, 0.5) is 4.39 Å². The van der Waals surface area contributed by atoms with E-state index in [4.69, 9.17) is 4.74 Å². The zero-order valence-electron chi connectivity index (χ0n) is 11.0. The molecule has 2 nitrogen and oxygen atoms in total. The van der Waals surface area contributed by atoms with Crippen molar-refractivity contribution in [3.63, 3.8) is 0 Å². The second-order valence-electron chi connectivity index (χ2n) is 5.00. The molecule has 0 atom stereocenters. The van der Waals surface area contributed by atoms with E-state index in [-0.39, 0.29) is 5.82 Å². The van der Waals surface area contributed by atoms with Gasteiger partial charge in [-0.05, 0) is 51.0 Å². The lowest BCUT2D eigenvalue weighted by molar-refractivity contribution is 0.355. The molecule has 0 amide bonds. The summed E-state index contributed by atoms with van der Waals surface area (Å²) >= 11 is 0. The number of ether oxygens (including phenoxy) is 1. The van der Waals surface area contributed by atoms with E-state index >= 15 is 0 Å². The number of rotatable bonds is 6. The third kappa shape index (κ3) is 4.15. The molecular formula is C15H20FNO. The molecule has 0 spiro atoms. The normalized spacial score (nSPS) is 14.4. The monoisotopic (exact) mass is 249 g/mol. The van der Waals surface area contributed by atoms with Gasteiger partial charge in [-0.15, -0.1) is 0 Å². The summed E-state index contributed by atoms with van der Waals surface area (Å²) in [5.41, 5.74) is 2.11. The quantitative estimate of drug-likeness (QED) is 0.780. The van der Waals surface area contributed by atoms with Gasteiger partial charge >= 0.3 is 0 Å². The highest BCUT2D eigenvalue weighted by atomic mass is 19.1. The number of nitrogens with one attached hydrogen (secondary N) is 1. The van der Waals surface area contributed by atoms with E-state index in [2.05, 4.69) is 5.32 Å². The van der Waals surface area contributed by atoms with Crippen molar-refractivity contribution in [2.45, 2.75) is 39.3 Å². The maximum Gasteiger partial charge on any atom is 0.124 e. The van der Waals surface area contributed by atoms with E-state index in [1.54, 1.807) is 12.1 Å². The number of benzene rings is 1. The van der Waals surface area contributed by atoms with Gasteiger partial charge in [0.05, 0.1) is 0 Å². The van der Waals surface area contributed by atoms with Gasteiger partial charge in [0.25, 0.3) is 0 Å². The molecule has 2 rings (SSSR count). The molecule has 1 saturated carbocycles. The van der Waals surface area contributed by atoms with Crippen LogP contribution in [0.3, 0.4) is 0 Å². The van der Waals surface area contributed by atoms with E-state index in [1.807, 2.05) is 19.9 Å². The fraction of sp³-hybridized carbons (Fsp3) is 0.467. The Balaban J connectivity index is 1.99. The molecule has 0 heterocycles. The van der Waals surface area contributed by atoms with Crippen LogP contribution in [-0.4, -0.2) is 12.6 Å². The Morgan fingerprint density at radius 1 is 1.44 bits per heavy atom. The first-order valence-corrected chi connectivity index (χ1v) is 6.43. The number of hydrogen-bond donors (Lipinski definition) is 1. The maximum atomic E-state index is 13.2. The van der Waals surface area contributed by atoms with Gasteiger partial charge in [-0.1, -0.05) is 5.57 Å². The van der Waals surface area contributed by atoms with Crippen LogP contribution in [-0.2, 0) is 6.54 Å². The Morgan fingerprint density at radius 3 is 2.89 bits per heavy atom. The van der Waals surface area contributed by atoms with Crippen LogP contribution in [0.25, 0.3) is 0 Å². The van der Waals surface area contributed by atoms with Crippen LogP contribution in [0.15, 0.2) is 29.8 Å². The van der Waals surface area contributed by atoms with Crippen molar-refractivity contribution in [2.24, 2.45) is 0 Å². The third-order valence-corrected chi connectivity index (χ3v) is 2.91. The Labute approximate surface area is 108 Å². The Bertz CT molecular complexity index is 434. The molecule has 1 aliphatic carbocycles. The minimum atomic E-state index is -0.211. The van der Waals surface area contributed by atoms with E-state index in [0.717, 1.165) is 11.3 Å². The Kier molecular flexibility index (Phi) is 4.37. The standard InChI is InChI=1S/C15H20FNO/c1-11(2)7-8-18-15-6-3-13(16)9-12(15)10-17-14-4-5-14/h3,6-7,9,14,17H,4-5,8,10H2,1-2H3. The molecule has 1 aliphatic rings. The smallest absolute Gasteiger partial charge is 0.124 e. The first-order chi connectivity index (χ1) is 8.65. The van der Waals surface area contributed by atoms with Gasteiger partial charge < -0.3 is 10.1 Å². The van der Waals surface area contributed by atoms with E-state index in [9.17, 15) is 4.39 Å². The molecule has 0 aromatic heterocycles. The first kappa shape index (κ1) is 13.1. The molecule has 1 N–H and O–H groups in total. The molecule has 1 aromatic carbocycles. The Hall–Kier alpha value is -1.35. The van der Waals surface area contributed by atoms with Gasteiger partial charge in [0.1, 0.15) is 18.2 Å². The number of hydrogen-bond acceptors (Lipinski definition) is 2. The predicted octanol–water partition coefficient (Wildman–Crippen LogP) is 3.42. The molecule has 18 heavy (non-hydrogen) atoms. The summed E-state index contributed by atoms with van der Waals surface area (Å²) in [6, 6.07) is 5.31. The van der Waals surface area contributed by atoms with Gasteiger partial charge in [0.15, 0.2) is 0 Å². The highest BCUT2D eigenvalue weighted by molar-refractivity contribution is 5.34. The highest BCUT2D eigenvalue weighted by Crippen LogP contribution is 2.23. The molecule has 1 aromatic rings. The summed E-state index contributed by atoms with van der Waals surface area (Å²) in [5.74, 6) is 0.555. The van der Waals surface area contributed by atoms with Crippen LogP contribution in [0.2, 0.25) is 0 Å².